The van der Waals surface area contributed by atoms with Crippen LogP contribution < -0.4 is 11.1 Å². The first-order valence-electron chi connectivity index (χ1n) is 4.49. The maximum absolute atomic E-state index is 10.9. The summed E-state index contributed by atoms with van der Waals surface area (Å²) in [6.45, 7) is 0.399. The van der Waals surface area contributed by atoms with E-state index in [1.165, 1.54) is 0 Å². The molecule has 84 valence electrons. The number of unbranched alkanes of at least 4 members (excludes halogenated alkanes) is 1. The first-order valence-corrected chi connectivity index (χ1v) is 4.49. The van der Waals surface area contributed by atoms with Crippen molar-refractivity contribution in [3.8, 4) is 0 Å². The van der Waals surface area contributed by atoms with E-state index in [-0.39, 0.29) is 5.91 Å². The van der Waals surface area contributed by atoms with E-state index < -0.39 is 11.9 Å². The van der Waals surface area contributed by atoms with Gasteiger partial charge in [0.2, 0.25) is 11.8 Å². The SMILES string of the molecule is NC(=O)CCCCNC(=O)/C=C/C(=O)O. The van der Waals surface area contributed by atoms with Crippen molar-refractivity contribution in [2.24, 2.45) is 5.73 Å². The Bertz CT molecular complexity index is 273. The van der Waals surface area contributed by atoms with E-state index in [0.717, 1.165) is 12.2 Å². The molecule has 6 heteroatoms. The molecular formula is C9H14N2O4. The van der Waals surface area contributed by atoms with Gasteiger partial charge in [-0.3, -0.25) is 9.59 Å². The van der Waals surface area contributed by atoms with Gasteiger partial charge in [-0.15, -0.1) is 0 Å². The summed E-state index contributed by atoms with van der Waals surface area (Å²) >= 11 is 0. The highest BCUT2D eigenvalue weighted by molar-refractivity contribution is 5.93. The van der Waals surface area contributed by atoms with Crippen LogP contribution in [-0.4, -0.2) is 29.4 Å². The molecule has 0 aromatic carbocycles. The number of hydrogen-bond acceptors (Lipinski definition) is 3. The molecule has 0 atom stereocenters. The molecule has 15 heavy (non-hydrogen) atoms. The van der Waals surface area contributed by atoms with Crippen molar-refractivity contribution in [3.05, 3.63) is 12.2 Å². The molecule has 0 fully saturated rings. The largest absolute Gasteiger partial charge is 0.478 e. The minimum Gasteiger partial charge on any atom is -0.478 e. The molecule has 0 spiro atoms. The van der Waals surface area contributed by atoms with Gasteiger partial charge in [0.15, 0.2) is 0 Å². The third kappa shape index (κ3) is 10.1. The Kier molecular flexibility index (Phi) is 6.61. The molecule has 0 bridgehead atoms. The predicted molar refractivity (Wildman–Crippen MR) is 52.8 cm³/mol. The van der Waals surface area contributed by atoms with Crippen molar-refractivity contribution in [3.63, 3.8) is 0 Å². The predicted octanol–water partition coefficient (Wildman–Crippen LogP) is -0.601. The summed E-state index contributed by atoms with van der Waals surface area (Å²) in [7, 11) is 0. The number of nitrogens with one attached hydrogen (secondary N) is 1. The van der Waals surface area contributed by atoms with Gasteiger partial charge in [0.1, 0.15) is 0 Å². The lowest BCUT2D eigenvalue weighted by molar-refractivity contribution is -0.131. The van der Waals surface area contributed by atoms with Crippen molar-refractivity contribution in [1.29, 1.82) is 0 Å². The molecule has 0 saturated carbocycles. The molecule has 0 aliphatic heterocycles. The number of rotatable bonds is 7. The van der Waals surface area contributed by atoms with Gasteiger partial charge in [0.25, 0.3) is 0 Å². The molecule has 0 heterocycles. The van der Waals surface area contributed by atoms with E-state index in [4.69, 9.17) is 10.8 Å². The van der Waals surface area contributed by atoms with Crippen molar-refractivity contribution in [2.45, 2.75) is 19.3 Å². The Hall–Kier alpha value is -1.85. The van der Waals surface area contributed by atoms with E-state index in [1.807, 2.05) is 0 Å². The molecular weight excluding hydrogens is 200 g/mol. The monoisotopic (exact) mass is 214 g/mol. The highest BCUT2D eigenvalue weighted by Gasteiger charge is 1.97. The average molecular weight is 214 g/mol. The highest BCUT2D eigenvalue weighted by Crippen LogP contribution is 1.92. The molecule has 6 nitrogen and oxygen atoms in total. The number of primary amides is 1. The molecule has 0 aliphatic carbocycles. The molecule has 2 amide bonds. The van der Waals surface area contributed by atoms with Crippen LogP contribution in [0, 0.1) is 0 Å². The zero-order valence-electron chi connectivity index (χ0n) is 8.23. The van der Waals surface area contributed by atoms with Gasteiger partial charge >= 0.3 is 5.97 Å². The summed E-state index contributed by atoms with van der Waals surface area (Å²) in [5, 5.41) is 10.7. The van der Waals surface area contributed by atoms with Gasteiger partial charge < -0.3 is 16.2 Å². The van der Waals surface area contributed by atoms with Crippen LogP contribution in [0.1, 0.15) is 19.3 Å². The van der Waals surface area contributed by atoms with Crippen LogP contribution in [0.25, 0.3) is 0 Å². The van der Waals surface area contributed by atoms with Crippen molar-refractivity contribution >= 4 is 17.8 Å². The summed E-state index contributed by atoms with van der Waals surface area (Å²) in [5.41, 5.74) is 4.91. The fourth-order valence-corrected chi connectivity index (χ4v) is 0.842. The minimum atomic E-state index is -1.17. The average Bonchev–Trinajstić information content (AvgIpc) is 2.13. The molecule has 0 rings (SSSR count). The first kappa shape index (κ1) is 13.2. The Labute approximate surface area is 87.1 Å². The molecule has 0 aromatic heterocycles. The van der Waals surface area contributed by atoms with Crippen molar-refractivity contribution < 1.29 is 19.5 Å². The topological polar surface area (TPSA) is 109 Å². The van der Waals surface area contributed by atoms with Crippen LogP contribution in [0.5, 0.6) is 0 Å². The van der Waals surface area contributed by atoms with Crippen LogP contribution in [0.3, 0.4) is 0 Å². The van der Waals surface area contributed by atoms with Crippen LogP contribution in [0.2, 0.25) is 0 Å². The van der Waals surface area contributed by atoms with Crippen molar-refractivity contribution in [2.75, 3.05) is 6.54 Å². The van der Waals surface area contributed by atoms with Gasteiger partial charge in [-0.25, -0.2) is 4.79 Å². The van der Waals surface area contributed by atoms with Gasteiger partial charge in [-0.1, -0.05) is 0 Å². The van der Waals surface area contributed by atoms with Crippen molar-refractivity contribution in [1.82, 2.24) is 5.32 Å². The maximum atomic E-state index is 10.9. The number of carbonyl (C=O) groups is 3. The Morgan fingerprint density at radius 3 is 2.40 bits per heavy atom. The lowest BCUT2D eigenvalue weighted by Crippen LogP contribution is -2.22. The van der Waals surface area contributed by atoms with Gasteiger partial charge in [-0.05, 0) is 12.8 Å². The normalized spacial score (nSPS) is 10.1. The molecule has 0 saturated heterocycles. The van der Waals surface area contributed by atoms with E-state index >= 15 is 0 Å². The molecule has 0 aliphatic rings. The number of carboxylic acids is 1. The molecule has 0 radical (unpaired) electrons. The van der Waals surface area contributed by atoms with E-state index in [1.54, 1.807) is 0 Å². The standard InChI is InChI=1S/C9H14N2O4/c10-7(12)3-1-2-6-11-8(13)4-5-9(14)15/h4-5H,1-3,6H2,(H2,10,12)(H,11,13)(H,14,15)/b5-4+. The molecule has 0 unspecified atom stereocenters. The quantitative estimate of drug-likeness (QED) is 0.388. The summed E-state index contributed by atoms with van der Waals surface area (Å²) in [6.07, 6.45) is 3.24. The van der Waals surface area contributed by atoms with Crippen LogP contribution in [0.4, 0.5) is 0 Å². The fraction of sp³-hybridized carbons (Fsp3) is 0.444. The smallest absolute Gasteiger partial charge is 0.328 e. The number of carboxylic acid groups (broad SMARTS) is 1. The number of nitrogens with two attached hydrogens (primary N) is 1. The maximum Gasteiger partial charge on any atom is 0.328 e. The number of carbonyl (C=O) groups excluding carboxylic acids is 2. The Balaban J connectivity index is 3.47. The summed E-state index contributed by atoms with van der Waals surface area (Å²) in [5.74, 6) is -2.00. The van der Waals surface area contributed by atoms with E-state index in [9.17, 15) is 14.4 Å². The van der Waals surface area contributed by atoms with Crippen LogP contribution in [0.15, 0.2) is 12.2 Å². The Morgan fingerprint density at radius 2 is 1.87 bits per heavy atom. The fourth-order valence-electron chi connectivity index (χ4n) is 0.842. The first-order chi connectivity index (χ1) is 7.02. The second-order valence-corrected chi connectivity index (χ2v) is 2.89. The van der Waals surface area contributed by atoms with Crippen LogP contribution in [-0.2, 0) is 14.4 Å². The Morgan fingerprint density at radius 1 is 1.20 bits per heavy atom. The highest BCUT2D eigenvalue weighted by atomic mass is 16.4. The van der Waals surface area contributed by atoms with Gasteiger partial charge in [0.05, 0.1) is 0 Å². The number of hydrogen-bond donors (Lipinski definition) is 3. The van der Waals surface area contributed by atoms with Crippen LogP contribution >= 0.6 is 0 Å². The van der Waals surface area contributed by atoms with E-state index in [0.29, 0.717) is 25.8 Å². The molecule has 0 aromatic rings. The summed E-state index contributed by atoms with van der Waals surface area (Å²) in [4.78, 5) is 31.3. The van der Waals surface area contributed by atoms with Gasteiger partial charge in [-0.2, -0.15) is 0 Å². The third-order valence-electron chi connectivity index (χ3n) is 1.53. The molecule has 4 N–H and O–H groups in total. The minimum absolute atomic E-state index is 0.292. The third-order valence-corrected chi connectivity index (χ3v) is 1.53. The zero-order valence-corrected chi connectivity index (χ0v) is 8.23. The number of aliphatic carboxylic acids is 1. The zero-order chi connectivity index (χ0) is 11.7. The lowest BCUT2D eigenvalue weighted by atomic mass is 10.2. The van der Waals surface area contributed by atoms with E-state index in [2.05, 4.69) is 5.32 Å². The second kappa shape index (κ2) is 7.54. The van der Waals surface area contributed by atoms with Gasteiger partial charge in [0, 0.05) is 25.1 Å². The second-order valence-electron chi connectivity index (χ2n) is 2.89. The summed E-state index contributed by atoms with van der Waals surface area (Å²) < 4.78 is 0. The summed E-state index contributed by atoms with van der Waals surface area (Å²) in [6, 6.07) is 0. The lowest BCUT2D eigenvalue weighted by Gasteiger charge is -2.00. The number of amides is 2.